The Hall–Kier alpha value is -1.66. The zero-order valence-corrected chi connectivity index (χ0v) is 43.7. The molecule has 6 heteroatoms. The van der Waals surface area contributed by atoms with Gasteiger partial charge in [-0.3, -0.25) is 9.59 Å². The molecule has 0 aromatic heterocycles. The number of allylic oxidation sites excluding steroid dienone is 3. The first-order valence-electron chi connectivity index (χ1n) is 29.1. The fraction of sp³-hybridized carbons (Fsp3) is 0.898. The van der Waals surface area contributed by atoms with Crippen LogP contribution >= 0.6 is 0 Å². The highest BCUT2D eigenvalue weighted by molar-refractivity contribution is 5.76. The van der Waals surface area contributed by atoms with Crippen LogP contribution in [0.15, 0.2) is 24.3 Å². The van der Waals surface area contributed by atoms with Crippen molar-refractivity contribution in [3.8, 4) is 0 Å². The van der Waals surface area contributed by atoms with E-state index in [1.807, 2.05) is 6.08 Å². The molecule has 0 saturated heterocycles. The Bertz CT molecular complexity index is 1010. The second kappa shape index (κ2) is 54.9. The fourth-order valence-electron chi connectivity index (χ4n) is 8.98. The van der Waals surface area contributed by atoms with E-state index in [2.05, 4.69) is 31.3 Å². The number of carbonyl (C=O) groups excluding carboxylic acids is 2. The molecule has 0 spiro atoms. The summed E-state index contributed by atoms with van der Waals surface area (Å²) in [5.41, 5.74) is 0. The van der Waals surface area contributed by atoms with Crippen molar-refractivity contribution in [2.45, 2.75) is 328 Å². The van der Waals surface area contributed by atoms with Crippen LogP contribution in [0.25, 0.3) is 0 Å². The predicted octanol–water partition coefficient (Wildman–Crippen LogP) is 17.9. The Kier molecular flexibility index (Phi) is 53.5. The van der Waals surface area contributed by atoms with Gasteiger partial charge in [0.05, 0.1) is 25.4 Å². The number of ether oxygens (including phenoxy) is 1. The van der Waals surface area contributed by atoms with E-state index in [-0.39, 0.29) is 18.5 Å². The molecular weight excluding hydrogens is 803 g/mol. The van der Waals surface area contributed by atoms with E-state index in [9.17, 15) is 19.8 Å². The number of nitrogens with one attached hydrogen (secondary N) is 1. The van der Waals surface area contributed by atoms with Crippen molar-refractivity contribution < 1.29 is 24.5 Å². The first-order valence-corrected chi connectivity index (χ1v) is 29.1. The van der Waals surface area contributed by atoms with Crippen LogP contribution in [-0.2, 0) is 14.3 Å². The highest BCUT2D eigenvalue weighted by Gasteiger charge is 2.18. The summed E-state index contributed by atoms with van der Waals surface area (Å²) in [7, 11) is 0. The van der Waals surface area contributed by atoms with E-state index in [0.717, 1.165) is 57.8 Å². The number of esters is 1. The summed E-state index contributed by atoms with van der Waals surface area (Å²) in [6, 6.07) is -0.641. The normalized spacial score (nSPS) is 12.7. The molecule has 6 nitrogen and oxygen atoms in total. The molecule has 0 aromatic carbocycles. The summed E-state index contributed by atoms with van der Waals surface area (Å²) in [5.74, 6) is -0.101. The maximum Gasteiger partial charge on any atom is 0.305 e. The van der Waals surface area contributed by atoms with E-state index < -0.39 is 12.1 Å². The molecule has 0 bridgehead atoms. The van der Waals surface area contributed by atoms with E-state index in [1.54, 1.807) is 6.08 Å². The van der Waals surface area contributed by atoms with Crippen molar-refractivity contribution >= 4 is 11.9 Å². The molecule has 0 fully saturated rings. The molecule has 2 unspecified atom stereocenters. The molecule has 0 aliphatic rings. The van der Waals surface area contributed by atoms with E-state index >= 15 is 0 Å². The third-order valence-corrected chi connectivity index (χ3v) is 13.5. The van der Waals surface area contributed by atoms with Gasteiger partial charge < -0.3 is 20.3 Å². The average Bonchev–Trinajstić information content (AvgIpc) is 3.31. The van der Waals surface area contributed by atoms with Gasteiger partial charge in [-0.1, -0.05) is 269 Å². The number of amides is 1. The molecule has 0 aromatic rings. The van der Waals surface area contributed by atoms with Gasteiger partial charge in [-0.2, -0.15) is 0 Å². The number of hydrogen-bond acceptors (Lipinski definition) is 5. The molecule has 3 N–H and O–H groups in total. The summed E-state index contributed by atoms with van der Waals surface area (Å²) in [4.78, 5) is 24.5. The number of hydrogen-bond donors (Lipinski definition) is 3. The number of unbranched alkanes of at least 4 members (excludes halogenated alkanes) is 41. The minimum atomic E-state index is -0.856. The van der Waals surface area contributed by atoms with Crippen molar-refractivity contribution in [1.29, 1.82) is 0 Å². The Labute approximate surface area is 405 Å². The van der Waals surface area contributed by atoms with E-state index in [1.165, 1.54) is 231 Å². The lowest BCUT2D eigenvalue weighted by Gasteiger charge is -2.20. The van der Waals surface area contributed by atoms with Crippen LogP contribution < -0.4 is 5.32 Å². The van der Waals surface area contributed by atoms with Crippen molar-refractivity contribution in [1.82, 2.24) is 5.32 Å². The molecule has 2 atom stereocenters. The van der Waals surface area contributed by atoms with Crippen molar-refractivity contribution in [3.63, 3.8) is 0 Å². The molecule has 65 heavy (non-hydrogen) atoms. The van der Waals surface area contributed by atoms with Gasteiger partial charge in [0.25, 0.3) is 0 Å². The van der Waals surface area contributed by atoms with Crippen molar-refractivity contribution in [2.75, 3.05) is 13.2 Å². The van der Waals surface area contributed by atoms with E-state index in [4.69, 9.17) is 4.74 Å². The second-order valence-corrected chi connectivity index (χ2v) is 20.0. The van der Waals surface area contributed by atoms with Gasteiger partial charge in [0.15, 0.2) is 0 Å². The molecule has 0 aliphatic carbocycles. The highest BCUT2D eigenvalue weighted by Crippen LogP contribution is 2.17. The minimum Gasteiger partial charge on any atom is -0.466 e. The summed E-state index contributed by atoms with van der Waals surface area (Å²) in [5, 5.41) is 23.2. The first kappa shape index (κ1) is 63.3. The maximum atomic E-state index is 12.5. The van der Waals surface area contributed by atoms with Gasteiger partial charge in [-0.05, 0) is 57.8 Å². The van der Waals surface area contributed by atoms with Crippen LogP contribution in [0.4, 0.5) is 0 Å². The Morgan fingerprint density at radius 2 is 0.723 bits per heavy atom. The molecule has 0 rings (SSSR count). The minimum absolute atomic E-state index is 0.0195. The molecule has 384 valence electrons. The third kappa shape index (κ3) is 51.6. The fourth-order valence-corrected chi connectivity index (χ4v) is 8.98. The van der Waals surface area contributed by atoms with Gasteiger partial charge in [0.1, 0.15) is 0 Å². The summed E-state index contributed by atoms with van der Waals surface area (Å²) < 4.78 is 5.45. The Morgan fingerprint density at radius 1 is 0.415 bits per heavy atom. The van der Waals surface area contributed by atoms with E-state index in [0.29, 0.717) is 19.4 Å². The lowest BCUT2D eigenvalue weighted by atomic mass is 10.0. The summed E-state index contributed by atoms with van der Waals surface area (Å²) in [6.07, 6.45) is 66.2. The zero-order chi connectivity index (χ0) is 47.2. The number of rotatable bonds is 54. The standard InChI is InChI=1S/C59H113NO5/c1-3-5-7-9-11-13-15-17-18-19-20-21-22-23-24-25-26-28-31-35-39-43-47-51-57(62)56(55-61)60-58(63)52-48-44-40-36-32-29-30-34-38-42-46-50-54-65-59(64)53-49-45-41-37-33-27-16-14-12-10-8-6-4-2/h14,16,47,51,56-57,61-62H,3-13,15,17-46,48-50,52-55H2,1-2H3,(H,60,63)/b16-14-,51-47+. The molecule has 0 saturated carbocycles. The maximum absolute atomic E-state index is 12.5. The average molecular weight is 917 g/mol. The molecule has 0 heterocycles. The SMILES string of the molecule is CCCCCC/C=C\CCCCCCCC(=O)OCCCCCCCCCCCCCCC(=O)NC(CO)C(O)/C=C/CCCCCCCCCCCCCCCCCCCCCCC. The van der Waals surface area contributed by atoms with Crippen molar-refractivity contribution in [2.24, 2.45) is 0 Å². The van der Waals surface area contributed by atoms with Gasteiger partial charge >= 0.3 is 5.97 Å². The molecule has 1 amide bonds. The van der Waals surface area contributed by atoms with Gasteiger partial charge in [0.2, 0.25) is 5.91 Å². The van der Waals surface area contributed by atoms with Gasteiger partial charge in [0, 0.05) is 12.8 Å². The third-order valence-electron chi connectivity index (χ3n) is 13.5. The molecule has 0 aliphatic heterocycles. The van der Waals surface area contributed by atoms with Crippen LogP contribution in [0.2, 0.25) is 0 Å². The van der Waals surface area contributed by atoms with Gasteiger partial charge in [-0.15, -0.1) is 0 Å². The summed E-state index contributed by atoms with van der Waals surface area (Å²) >= 11 is 0. The second-order valence-electron chi connectivity index (χ2n) is 20.0. The smallest absolute Gasteiger partial charge is 0.305 e. The number of aliphatic hydroxyl groups is 2. The molecular formula is C59H113NO5. The molecule has 0 radical (unpaired) electrons. The largest absolute Gasteiger partial charge is 0.466 e. The zero-order valence-electron chi connectivity index (χ0n) is 43.7. The van der Waals surface area contributed by atoms with Crippen LogP contribution in [0.5, 0.6) is 0 Å². The monoisotopic (exact) mass is 916 g/mol. The lowest BCUT2D eigenvalue weighted by molar-refractivity contribution is -0.143. The Balaban J connectivity index is 3.49. The van der Waals surface area contributed by atoms with Crippen LogP contribution in [0, 0.1) is 0 Å². The van der Waals surface area contributed by atoms with Crippen LogP contribution in [0.1, 0.15) is 316 Å². The quantitative estimate of drug-likeness (QED) is 0.0321. The lowest BCUT2D eigenvalue weighted by Crippen LogP contribution is -2.45. The van der Waals surface area contributed by atoms with Crippen LogP contribution in [0.3, 0.4) is 0 Å². The number of aliphatic hydroxyl groups excluding tert-OH is 2. The number of carbonyl (C=O) groups is 2. The topological polar surface area (TPSA) is 95.9 Å². The Morgan fingerprint density at radius 3 is 1.11 bits per heavy atom. The van der Waals surface area contributed by atoms with Crippen LogP contribution in [-0.4, -0.2) is 47.4 Å². The predicted molar refractivity (Wildman–Crippen MR) is 283 cm³/mol. The van der Waals surface area contributed by atoms with Crippen molar-refractivity contribution in [3.05, 3.63) is 24.3 Å². The summed E-state index contributed by atoms with van der Waals surface area (Å²) in [6.45, 7) is 4.87. The highest BCUT2D eigenvalue weighted by atomic mass is 16.5. The van der Waals surface area contributed by atoms with Gasteiger partial charge in [-0.25, -0.2) is 0 Å². The first-order chi connectivity index (χ1) is 32.0.